The lowest BCUT2D eigenvalue weighted by atomic mass is 9.79. The lowest BCUT2D eigenvalue weighted by molar-refractivity contribution is -0.189. The van der Waals surface area contributed by atoms with Crippen molar-refractivity contribution in [3.63, 3.8) is 0 Å². The Morgan fingerprint density at radius 3 is 2.41 bits per heavy atom. The molecular formula is C21H20F6N4O3. The van der Waals surface area contributed by atoms with E-state index in [9.17, 15) is 31.5 Å². The van der Waals surface area contributed by atoms with Crippen LogP contribution in [-0.2, 0) is 12.2 Å². The lowest BCUT2D eigenvalue weighted by Crippen LogP contribution is -2.37. The molecule has 0 radical (unpaired) electrons. The fourth-order valence-electron chi connectivity index (χ4n) is 4.33. The molecule has 0 atom stereocenters. The number of aromatic nitrogens is 4. The molecule has 1 fully saturated rings. The number of halogens is 6. The van der Waals surface area contributed by atoms with E-state index < -0.39 is 72.2 Å². The number of nitrogens with one attached hydrogen (secondary N) is 1. The van der Waals surface area contributed by atoms with Crippen molar-refractivity contribution < 1.29 is 31.4 Å². The van der Waals surface area contributed by atoms with Crippen molar-refractivity contribution in [1.82, 2.24) is 19.1 Å². The van der Waals surface area contributed by atoms with E-state index in [1.165, 1.54) is 0 Å². The fraction of sp³-hybridized carbons (Fsp3) is 0.476. The Bertz CT molecular complexity index is 1340. The molecule has 2 aromatic heterocycles. The second-order valence-electron chi connectivity index (χ2n) is 8.31. The van der Waals surface area contributed by atoms with Gasteiger partial charge >= 0.3 is 11.9 Å². The second-order valence-corrected chi connectivity index (χ2v) is 8.31. The van der Waals surface area contributed by atoms with Gasteiger partial charge in [-0.15, -0.1) is 0 Å². The molecule has 0 saturated heterocycles. The summed E-state index contributed by atoms with van der Waals surface area (Å²) in [4.78, 5) is 31.9. The molecule has 2 N–H and O–H groups in total. The molecule has 1 aliphatic carbocycles. The van der Waals surface area contributed by atoms with Crippen LogP contribution in [0.25, 0.3) is 16.9 Å². The molecule has 0 aliphatic heterocycles. The highest BCUT2D eigenvalue weighted by Crippen LogP contribution is 2.47. The number of imidazole rings is 1. The van der Waals surface area contributed by atoms with Gasteiger partial charge in [0.15, 0.2) is 34.3 Å². The predicted molar refractivity (Wildman–Crippen MR) is 108 cm³/mol. The molecule has 0 bridgehead atoms. The molecule has 3 aromatic rings. The first-order valence-electron chi connectivity index (χ1n) is 10.5. The Hall–Kier alpha value is -3.09. The first-order chi connectivity index (χ1) is 16.0. The number of aromatic amines is 1. The van der Waals surface area contributed by atoms with Crippen LogP contribution < -0.4 is 11.2 Å². The average molecular weight is 490 g/mol. The third kappa shape index (κ3) is 4.12. The second kappa shape index (κ2) is 8.60. The summed E-state index contributed by atoms with van der Waals surface area (Å²) in [5, 5.41) is 9.05. The Morgan fingerprint density at radius 2 is 1.82 bits per heavy atom. The number of benzene rings is 1. The van der Waals surface area contributed by atoms with Crippen molar-refractivity contribution in [2.45, 2.75) is 50.5 Å². The zero-order valence-corrected chi connectivity index (χ0v) is 17.6. The van der Waals surface area contributed by atoms with Gasteiger partial charge in [-0.3, -0.25) is 18.9 Å². The van der Waals surface area contributed by atoms with Gasteiger partial charge in [0.25, 0.3) is 5.56 Å². The van der Waals surface area contributed by atoms with Gasteiger partial charge in [0.2, 0.25) is 0 Å². The van der Waals surface area contributed by atoms with Crippen molar-refractivity contribution >= 4 is 11.2 Å². The maximum atomic E-state index is 16.1. The molecule has 13 heteroatoms. The maximum absolute atomic E-state index is 16.1. The zero-order valence-electron chi connectivity index (χ0n) is 17.6. The molecule has 34 heavy (non-hydrogen) atoms. The standard InChI is InChI=1S/C21H20F6N4O3/c22-13-3-2-12(10-14(13)23)31-15-16(29-19(34)30(17(15)33)8-1-9-32)28-18(31)20(24)6-4-11(5-7-20)21(25,26)27/h2-3,10-11,32H,1,4-9H2,(H,29,34). The SMILES string of the molecule is O=c1[nH]c2nc(C3(F)CCC(C(F)(F)F)CC3)n(-c3ccc(F)c(F)c3)c2c(=O)n1CCCO. The lowest BCUT2D eigenvalue weighted by Gasteiger charge is -2.34. The van der Waals surface area contributed by atoms with Crippen molar-refractivity contribution in [3.8, 4) is 5.69 Å². The Labute approximate surface area is 187 Å². The van der Waals surface area contributed by atoms with Gasteiger partial charge in [-0.1, -0.05) is 0 Å². The van der Waals surface area contributed by atoms with E-state index >= 15 is 4.39 Å². The predicted octanol–water partition coefficient (Wildman–Crippen LogP) is 3.45. The summed E-state index contributed by atoms with van der Waals surface area (Å²) in [6.07, 6.45) is -6.66. The number of aliphatic hydroxyl groups excluding tert-OH is 1. The van der Waals surface area contributed by atoms with Gasteiger partial charge in [-0.25, -0.2) is 22.9 Å². The topological polar surface area (TPSA) is 92.9 Å². The average Bonchev–Trinajstić information content (AvgIpc) is 3.15. The normalized spacial score (nSPS) is 21.3. The van der Waals surface area contributed by atoms with Crippen LogP contribution in [0.5, 0.6) is 0 Å². The van der Waals surface area contributed by atoms with E-state index in [0.717, 1.165) is 21.3 Å². The molecular weight excluding hydrogens is 470 g/mol. The fourth-order valence-corrected chi connectivity index (χ4v) is 4.33. The van der Waals surface area contributed by atoms with E-state index in [-0.39, 0.29) is 36.4 Å². The Kier molecular flexibility index (Phi) is 6.08. The van der Waals surface area contributed by atoms with E-state index in [0.29, 0.717) is 6.07 Å². The number of alkyl halides is 4. The molecule has 4 rings (SSSR count). The third-order valence-electron chi connectivity index (χ3n) is 6.14. The van der Waals surface area contributed by atoms with Crippen molar-refractivity contribution in [2.75, 3.05) is 6.61 Å². The highest BCUT2D eigenvalue weighted by atomic mass is 19.4. The Morgan fingerprint density at radius 1 is 1.15 bits per heavy atom. The first-order valence-corrected chi connectivity index (χ1v) is 10.5. The minimum atomic E-state index is -4.49. The summed E-state index contributed by atoms with van der Waals surface area (Å²) >= 11 is 0. The number of hydrogen-bond acceptors (Lipinski definition) is 4. The van der Waals surface area contributed by atoms with Crippen LogP contribution in [-0.4, -0.2) is 37.0 Å². The van der Waals surface area contributed by atoms with Crippen LogP contribution in [0.2, 0.25) is 0 Å². The summed E-state index contributed by atoms with van der Waals surface area (Å²) in [5.74, 6) is -4.69. The molecule has 0 unspecified atom stereocenters. The molecule has 184 valence electrons. The van der Waals surface area contributed by atoms with Crippen LogP contribution >= 0.6 is 0 Å². The molecule has 7 nitrogen and oxygen atoms in total. The van der Waals surface area contributed by atoms with Crippen LogP contribution in [0, 0.1) is 17.6 Å². The van der Waals surface area contributed by atoms with Crippen molar-refractivity contribution in [2.24, 2.45) is 5.92 Å². The van der Waals surface area contributed by atoms with Gasteiger partial charge in [-0.2, -0.15) is 13.2 Å². The molecule has 0 spiro atoms. The van der Waals surface area contributed by atoms with Crippen molar-refractivity contribution in [1.29, 1.82) is 0 Å². The summed E-state index contributed by atoms with van der Waals surface area (Å²) in [6.45, 7) is -0.515. The Balaban J connectivity index is 1.95. The summed E-state index contributed by atoms with van der Waals surface area (Å²) < 4.78 is 84.7. The number of hydrogen-bond donors (Lipinski definition) is 2. The zero-order chi connectivity index (χ0) is 24.8. The number of nitrogens with zero attached hydrogens (tertiary/aromatic N) is 3. The molecule has 1 aliphatic rings. The van der Waals surface area contributed by atoms with E-state index in [1.807, 2.05) is 0 Å². The number of fused-ring (bicyclic) bond motifs is 1. The van der Waals surface area contributed by atoms with Gasteiger partial charge in [0.05, 0.1) is 11.6 Å². The minimum absolute atomic E-state index is 0.0482. The third-order valence-corrected chi connectivity index (χ3v) is 6.14. The first kappa shape index (κ1) is 24.0. The summed E-state index contributed by atoms with van der Waals surface area (Å²) in [5.41, 5.74) is -5.13. The number of rotatable bonds is 5. The highest BCUT2D eigenvalue weighted by molar-refractivity contribution is 5.73. The van der Waals surface area contributed by atoms with Crippen molar-refractivity contribution in [3.05, 3.63) is 56.5 Å². The quantitative estimate of drug-likeness (QED) is 0.536. The number of aliphatic hydroxyl groups is 1. The van der Waals surface area contributed by atoms with E-state index in [4.69, 9.17) is 5.11 Å². The van der Waals surface area contributed by atoms with Crippen LogP contribution in [0.1, 0.15) is 37.9 Å². The molecule has 1 saturated carbocycles. The monoisotopic (exact) mass is 490 g/mol. The minimum Gasteiger partial charge on any atom is -0.396 e. The highest BCUT2D eigenvalue weighted by Gasteiger charge is 2.49. The van der Waals surface area contributed by atoms with Gasteiger partial charge < -0.3 is 5.11 Å². The number of H-pyrrole nitrogens is 1. The summed E-state index contributed by atoms with van der Waals surface area (Å²) in [6, 6.07) is 2.52. The molecule has 0 amide bonds. The van der Waals surface area contributed by atoms with Crippen LogP contribution in [0.4, 0.5) is 26.3 Å². The molecule has 1 aromatic carbocycles. The maximum Gasteiger partial charge on any atom is 0.391 e. The largest absolute Gasteiger partial charge is 0.396 e. The smallest absolute Gasteiger partial charge is 0.391 e. The van der Waals surface area contributed by atoms with Gasteiger partial charge in [-0.05, 0) is 44.2 Å². The van der Waals surface area contributed by atoms with E-state index in [1.54, 1.807) is 0 Å². The van der Waals surface area contributed by atoms with Crippen LogP contribution in [0.15, 0.2) is 27.8 Å². The summed E-state index contributed by atoms with van der Waals surface area (Å²) in [7, 11) is 0. The molecule has 2 heterocycles. The van der Waals surface area contributed by atoms with Gasteiger partial charge in [0.1, 0.15) is 0 Å². The van der Waals surface area contributed by atoms with Gasteiger partial charge in [0, 0.05) is 19.2 Å². The van der Waals surface area contributed by atoms with E-state index in [2.05, 4.69) is 9.97 Å². The van der Waals surface area contributed by atoms with Crippen LogP contribution in [0.3, 0.4) is 0 Å².